The van der Waals surface area contributed by atoms with E-state index in [0.29, 0.717) is 16.1 Å². The predicted molar refractivity (Wildman–Crippen MR) is 110 cm³/mol. The third-order valence-electron chi connectivity index (χ3n) is 3.03. The fourth-order valence-electron chi connectivity index (χ4n) is 1.88. The molecule has 3 N–H and O–H groups in total. The quantitative estimate of drug-likeness (QED) is 0.319. The van der Waals surface area contributed by atoms with E-state index in [1.807, 2.05) is 6.07 Å². The topological polar surface area (TPSA) is 75.5 Å². The summed E-state index contributed by atoms with van der Waals surface area (Å²) in [6.07, 6.45) is -1.13. The molecule has 0 saturated carbocycles. The molecule has 26 heavy (non-hydrogen) atoms. The molecule has 0 saturated heterocycles. The summed E-state index contributed by atoms with van der Waals surface area (Å²) in [6, 6.07) is 10.2. The molecule has 1 amide bonds. The first kappa shape index (κ1) is 21.1. The lowest BCUT2D eigenvalue weighted by Gasteiger charge is -2.27. The Kier molecular flexibility index (Phi) is 7.42. The monoisotopic (exact) mass is 499 g/mol. The number of para-hydroxylation sites is 2. The molecule has 0 bridgehead atoms. The van der Waals surface area contributed by atoms with E-state index in [1.165, 1.54) is 13.2 Å². The first-order valence-electron chi connectivity index (χ1n) is 7.04. The zero-order valence-electron chi connectivity index (χ0n) is 13.2. The molecule has 2 aromatic rings. The zero-order chi connectivity index (χ0) is 19.3. The maximum absolute atomic E-state index is 12.2. The number of alkyl halides is 3. The molecule has 6 nitrogen and oxygen atoms in total. The number of amides is 1. The van der Waals surface area contributed by atoms with Gasteiger partial charge in [0.1, 0.15) is 11.9 Å². The van der Waals surface area contributed by atoms with Gasteiger partial charge in [0.25, 0.3) is 5.91 Å². The summed E-state index contributed by atoms with van der Waals surface area (Å²) in [6.45, 7) is 0. The highest BCUT2D eigenvalue weighted by atomic mass is 79.9. The van der Waals surface area contributed by atoms with E-state index in [9.17, 15) is 4.79 Å². The Morgan fingerprint density at radius 1 is 1.23 bits per heavy atom. The molecule has 0 aliphatic rings. The SMILES string of the molecule is COc1ccccc1NC(=S)N[C@@H](NC(=O)c1ccc(Br)o1)C(Cl)(Cl)Cl. The summed E-state index contributed by atoms with van der Waals surface area (Å²) >= 11 is 26.2. The van der Waals surface area contributed by atoms with Gasteiger partial charge in [-0.25, -0.2) is 0 Å². The Labute approximate surface area is 178 Å². The van der Waals surface area contributed by atoms with Crippen molar-refractivity contribution in [1.29, 1.82) is 0 Å². The van der Waals surface area contributed by atoms with Gasteiger partial charge in [0.15, 0.2) is 15.5 Å². The van der Waals surface area contributed by atoms with E-state index in [0.717, 1.165) is 0 Å². The van der Waals surface area contributed by atoms with E-state index < -0.39 is 15.9 Å². The highest BCUT2D eigenvalue weighted by molar-refractivity contribution is 9.10. The van der Waals surface area contributed by atoms with E-state index in [1.54, 1.807) is 24.3 Å². The Morgan fingerprint density at radius 2 is 1.92 bits per heavy atom. The Bertz CT molecular complexity index is 798. The fraction of sp³-hybridized carbons (Fsp3) is 0.200. The number of furan rings is 1. The molecule has 0 aliphatic heterocycles. The second kappa shape index (κ2) is 9.14. The van der Waals surface area contributed by atoms with Crippen molar-refractivity contribution in [3.63, 3.8) is 0 Å². The number of ether oxygens (including phenoxy) is 1. The number of nitrogens with one attached hydrogen (secondary N) is 3. The lowest BCUT2D eigenvalue weighted by atomic mass is 10.3. The summed E-state index contributed by atoms with van der Waals surface area (Å²) in [5.74, 6) is 0.0349. The molecular formula is C15H13BrCl3N3O3S. The first-order valence-corrected chi connectivity index (χ1v) is 9.37. The molecule has 0 spiro atoms. The third-order valence-corrected chi connectivity index (χ3v) is 4.33. The summed E-state index contributed by atoms with van der Waals surface area (Å²) < 4.78 is 8.92. The van der Waals surface area contributed by atoms with Crippen LogP contribution in [0.3, 0.4) is 0 Å². The Hall–Kier alpha value is -1.19. The van der Waals surface area contributed by atoms with Crippen LogP contribution in [-0.2, 0) is 0 Å². The van der Waals surface area contributed by atoms with Crippen molar-refractivity contribution in [2.24, 2.45) is 0 Å². The maximum atomic E-state index is 12.2. The van der Waals surface area contributed by atoms with Crippen LogP contribution in [0.4, 0.5) is 5.69 Å². The van der Waals surface area contributed by atoms with Crippen molar-refractivity contribution in [1.82, 2.24) is 10.6 Å². The van der Waals surface area contributed by atoms with Crippen molar-refractivity contribution < 1.29 is 13.9 Å². The van der Waals surface area contributed by atoms with E-state index >= 15 is 0 Å². The average Bonchev–Trinajstić information content (AvgIpc) is 3.00. The van der Waals surface area contributed by atoms with Gasteiger partial charge in [-0.3, -0.25) is 4.79 Å². The number of carbonyl (C=O) groups excluding carboxylic acids is 1. The third kappa shape index (κ3) is 5.92. The van der Waals surface area contributed by atoms with Crippen LogP contribution >= 0.6 is 63.0 Å². The van der Waals surface area contributed by atoms with Gasteiger partial charge >= 0.3 is 0 Å². The average molecular weight is 502 g/mol. The molecule has 11 heteroatoms. The number of methoxy groups -OCH3 is 1. The van der Waals surface area contributed by atoms with E-state index in [2.05, 4.69) is 31.9 Å². The van der Waals surface area contributed by atoms with Crippen LogP contribution in [0.15, 0.2) is 45.5 Å². The molecule has 1 atom stereocenters. The van der Waals surface area contributed by atoms with Gasteiger partial charge in [-0.15, -0.1) is 0 Å². The standard InChI is InChI=1S/C15H13BrCl3N3O3S/c1-24-9-5-3-2-4-8(9)20-14(26)22-13(15(17,18)19)21-12(23)10-6-7-11(16)25-10/h2-7,13H,1H3,(H,21,23)(H2,20,22,26)/t13-/m1/s1. The minimum absolute atomic E-state index is 0.0431. The van der Waals surface area contributed by atoms with Crippen LogP contribution in [0.5, 0.6) is 5.75 Å². The minimum atomic E-state index is -1.88. The number of anilines is 1. The van der Waals surface area contributed by atoms with Gasteiger partial charge in [0.05, 0.1) is 12.8 Å². The van der Waals surface area contributed by atoms with Crippen LogP contribution < -0.4 is 20.7 Å². The first-order chi connectivity index (χ1) is 12.2. The smallest absolute Gasteiger partial charge is 0.288 e. The molecular weight excluding hydrogens is 489 g/mol. The Morgan fingerprint density at radius 3 is 2.50 bits per heavy atom. The number of hydrogen-bond acceptors (Lipinski definition) is 4. The fourth-order valence-corrected chi connectivity index (χ4v) is 2.74. The number of carbonyl (C=O) groups is 1. The maximum Gasteiger partial charge on any atom is 0.288 e. The molecule has 2 rings (SSSR count). The number of thiocarbonyl (C=S) groups is 1. The molecule has 0 fully saturated rings. The van der Waals surface area contributed by atoms with Crippen molar-refractivity contribution in [3.05, 3.63) is 46.8 Å². The number of benzene rings is 1. The normalized spacial score (nSPS) is 12.2. The van der Waals surface area contributed by atoms with Crippen molar-refractivity contribution >= 4 is 79.7 Å². The Balaban J connectivity index is 2.07. The van der Waals surface area contributed by atoms with Gasteiger partial charge in [0.2, 0.25) is 3.79 Å². The largest absolute Gasteiger partial charge is 0.495 e. The van der Waals surface area contributed by atoms with Crippen LogP contribution in [0.2, 0.25) is 0 Å². The van der Waals surface area contributed by atoms with Crippen molar-refractivity contribution in [3.8, 4) is 5.75 Å². The van der Waals surface area contributed by atoms with Gasteiger partial charge in [-0.2, -0.15) is 0 Å². The highest BCUT2D eigenvalue weighted by Crippen LogP contribution is 2.30. The van der Waals surface area contributed by atoms with Crippen LogP contribution in [0.25, 0.3) is 0 Å². The van der Waals surface area contributed by atoms with Gasteiger partial charge in [-0.1, -0.05) is 46.9 Å². The van der Waals surface area contributed by atoms with E-state index in [-0.39, 0.29) is 10.9 Å². The van der Waals surface area contributed by atoms with Crippen molar-refractivity contribution in [2.45, 2.75) is 9.96 Å². The lowest BCUT2D eigenvalue weighted by molar-refractivity contribution is 0.0905. The summed E-state index contributed by atoms with van der Waals surface area (Å²) in [7, 11) is 1.53. The number of hydrogen-bond donors (Lipinski definition) is 3. The number of halogens is 4. The van der Waals surface area contributed by atoms with Gasteiger partial charge in [0, 0.05) is 0 Å². The predicted octanol–water partition coefficient (Wildman–Crippen LogP) is 4.46. The van der Waals surface area contributed by atoms with Crippen LogP contribution in [0.1, 0.15) is 10.6 Å². The molecule has 1 aromatic carbocycles. The second-order valence-electron chi connectivity index (χ2n) is 4.85. The molecule has 1 heterocycles. The van der Waals surface area contributed by atoms with Crippen molar-refractivity contribution in [2.75, 3.05) is 12.4 Å². The minimum Gasteiger partial charge on any atom is -0.495 e. The molecule has 0 unspecified atom stereocenters. The van der Waals surface area contributed by atoms with Crippen LogP contribution in [0, 0.1) is 0 Å². The summed E-state index contributed by atoms with van der Waals surface area (Å²) in [4.78, 5) is 12.2. The molecule has 1 aromatic heterocycles. The van der Waals surface area contributed by atoms with Crippen LogP contribution in [-0.4, -0.2) is 28.1 Å². The molecule has 140 valence electrons. The zero-order valence-corrected chi connectivity index (χ0v) is 17.9. The number of rotatable bonds is 5. The van der Waals surface area contributed by atoms with E-state index in [4.69, 9.17) is 56.2 Å². The summed E-state index contributed by atoms with van der Waals surface area (Å²) in [5.41, 5.74) is 0.608. The molecule has 0 aliphatic carbocycles. The highest BCUT2D eigenvalue weighted by Gasteiger charge is 2.35. The molecule has 0 radical (unpaired) electrons. The van der Waals surface area contributed by atoms with Gasteiger partial charge < -0.3 is 25.1 Å². The second-order valence-corrected chi connectivity index (χ2v) is 8.41. The summed E-state index contributed by atoms with van der Waals surface area (Å²) in [5, 5.41) is 8.30. The van der Waals surface area contributed by atoms with Gasteiger partial charge in [-0.05, 0) is 52.4 Å². The lowest BCUT2D eigenvalue weighted by Crippen LogP contribution is -2.56.